The van der Waals surface area contributed by atoms with Gasteiger partial charge >= 0.3 is 12.3 Å². The molecule has 0 fully saturated rings. The lowest BCUT2D eigenvalue weighted by molar-refractivity contribution is -0.137. The van der Waals surface area contributed by atoms with Gasteiger partial charge in [0.2, 0.25) is 0 Å². The van der Waals surface area contributed by atoms with Gasteiger partial charge in [0.05, 0.1) is 10.5 Å². The van der Waals surface area contributed by atoms with Gasteiger partial charge in [-0.3, -0.25) is 4.72 Å². The summed E-state index contributed by atoms with van der Waals surface area (Å²) < 4.78 is 71.9. The van der Waals surface area contributed by atoms with Crippen LogP contribution < -0.4 is 4.72 Å². The topological polar surface area (TPSA) is 75.7 Å². The van der Waals surface area contributed by atoms with E-state index in [1.165, 1.54) is 0 Å². The zero-order chi connectivity index (χ0) is 23.7. The molecule has 0 aromatic heterocycles. The van der Waals surface area contributed by atoms with Crippen LogP contribution in [-0.2, 0) is 33.8 Å². The smallest absolute Gasteiger partial charge is 0.416 e. The van der Waals surface area contributed by atoms with E-state index in [0.29, 0.717) is 32.0 Å². The number of rotatable bonds is 3. The standard InChI is InChI=1S/C22H25F3N2O4S/c1-21(2,3)31-20(28)27-11-9-15-7-8-18(13-16(15)10-12-27)26-32(29,30)19-6-4-5-17(14-19)22(23,24)25/h4-8,13-14,26H,9-12H2,1-3H3. The lowest BCUT2D eigenvalue weighted by atomic mass is 10.0. The van der Waals surface area contributed by atoms with Crippen molar-refractivity contribution < 1.29 is 31.1 Å². The largest absolute Gasteiger partial charge is 0.444 e. The fourth-order valence-electron chi connectivity index (χ4n) is 3.35. The molecule has 1 aliphatic heterocycles. The van der Waals surface area contributed by atoms with Crippen LogP contribution in [0.1, 0.15) is 37.5 Å². The summed E-state index contributed by atoms with van der Waals surface area (Å²) in [5.74, 6) is 0. The minimum Gasteiger partial charge on any atom is -0.444 e. The molecule has 10 heteroatoms. The molecule has 0 saturated carbocycles. The summed E-state index contributed by atoms with van der Waals surface area (Å²) in [6, 6.07) is 8.56. The number of sulfonamides is 1. The molecular weight excluding hydrogens is 445 g/mol. The van der Waals surface area contributed by atoms with Crippen LogP contribution in [0.2, 0.25) is 0 Å². The quantitative estimate of drug-likeness (QED) is 0.697. The number of nitrogens with zero attached hydrogens (tertiary/aromatic N) is 1. The van der Waals surface area contributed by atoms with Crippen LogP contribution in [0.4, 0.5) is 23.7 Å². The van der Waals surface area contributed by atoms with Crippen LogP contribution in [0.25, 0.3) is 0 Å². The molecule has 0 bridgehead atoms. The van der Waals surface area contributed by atoms with Gasteiger partial charge in [-0.2, -0.15) is 13.2 Å². The van der Waals surface area contributed by atoms with Gasteiger partial charge in [-0.15, -0.1) is 0 Å². The normalized spacial score (nSPS) is 15.0. The molecule has 0 radical (unpaired) electrons. The Hall–Kier alpha value is -2.75. The Morgan fingerprint density at radius 3 is 2.28 bits per heavy atom. The number of carbonyl (C=O) groups excluding carboxylic acids is 1. The maximum absolute atomic E-state index is 12.9. The number of halogens is 3. The lowest BCUT2D eigenvalue weighted by Crippen LogP contribution is -2.38. The molecule has 2 aromatic carbocycles. The predicted molar refractivity (Wildman–Crippen MR) is 114 cm³/mol. The Morgan fingerprint density at radius 1 is 1.00 bits per heavy atom. The minimum absolute atomic E-state index is 0.242. The van der Waals surface area contributed by atoms with Crippen molar-refractivity contribution in [2.45, 2.75) is 50.3 Å². The second-order valence-electron chi connectivity index (χ2n) is 8.58. The number of alkyl halides is 3. The number of ether oxygens (including phenoxy) is 1. The zero-order valence-electron chi connectivity index (χ0n) is 18.0. The van der Waals surface area contributed by atoms with Gasteiger partial charge in [0, 0.05) is 18.8 Å². The first-order valence-corrected chi connectivity index (χ1v) is 11.5. The van der Waals surface area contributed by atoms with Crippen LogP contribution in [-0.4, -0.2) is 38.1 Å². The summed E-state index contributed by atoms with van der Waals surface area (Å²) in [5.41, 5.74) is 0.431. The first-order valence-electron chi connectivity index (χ1n) is 10.0. The molecule has 0 unspecified atom stereocenters. The molecule has 174 valence electrons. The molecule has 1 heterocycles. The predicted octanol–water partition coefficient (Wildman–Crippen LogP) is 4.84. The second-order valence-corrected chi connectivity index (χ2v) is 10.3. The maximum Gasteiger partial charge on any atom is 0.416 e. The van der Waals surface area contributed by atoms with Crippen molar-refractivity contribution in [2.75, 3.05) is 17.8 Å². The van der Waals surface area contributed by atoms with E-state index >= 15 is 0 Å². The Kier molecular flexibility index (Phi) is 6.46. The Balaban J connectivity index is 1.76. The summed E-state index contributed by atoms with van der Waals surface area (Å²) in [6.45, 7) is 6.25. The molecule has 1 aliphatic rings. The highest BCUT2D eigenvalue weighted by Gasteiger charge is 2.32. The van der Waals surface area contributed by atoms with Gasteiger partial charge in [-0.05, 0) is 75.1 Å². The SMILES string of the molecule is CC(C)(C)OC(=O)N1CCc2ccc(NS(=O)(=O)c3cccc(C(F)(F)F)c3)cc2CC1. The number of anilines is 1. The molecule has 2 aromatic rings. The first-order chi connectivity index (χ1) is 14.7. The van der Waals surface area contributed by atoms with Crippen molar-refractivity contribution >= 4 is 21.8 Å². The molecule has 3 rings (SSSR count). The number of benzene rings is 2. The Labute approximate surface area is 185 Å². The number of nitrogens with one attached hydrogen (secondary N) is 1. The van der Waals surface area contributed by atoms with E-state index in [4.69, 9.17) is 4.74 Å². The van der Waals surface area contributed by atoms with E-state index in [9.17, 15) is 26.4 Å². The fraction of sp³-hybridized carbons (Fsp3) is 0.409. The van der Waals surface area contributed by atoms with E-state index in [1.807, 2.05) is 0 Å². The average molecular weight is 471 g/mol. The van der Waals surface area contributed by atoms with E-state index < -0.39 is 38.4 Å². The summed E-state index contributed by atoms with van der Waals surface area (Å²) in [7, 11) is -4.21. The summed E-state index contributed by atoms with van der Waals surface area (Å²) in [6.07, 6.45) is -3.98. The highest BCUT2D eigenvalue weighted by atomic mass is 32.2. The van der Waals surface area contributed by atoms with Gasteiger partial charge in [-0.1, -0.05) is 12.1 Å². The average Bonchev–Trinajstić information content (AvgIpc) is 2.88. The highest BCUT2D eigenvalue weighted by Crippen LogP contribution is 2.31. The molecule has 32 heavy (non-hydrogen) atoms. The third kappa shape index (κ3) is 5.93. The molecule has 0 aliphatic carbocycles. The minimum atomic E-state index is -4.64. The van der Waals surface area contributed by atoms with Crippen LogP contribution in [0.5, 0.6) is 0 Å². The van der Waals surface area contributed by atoms with Crippen molar-refractivity contribution in [1.82, 2.24) is 4.90 Å². The molecule has 1 amide bonds. The van der Waals surface area contributed by atoms with Crippen LogP contribution >= 0.6 is 0 Å². The van der Waals surface area contributed by atoms with Crippen molar-refractivity contribution in [3.8, 4) is 0 Å². The maximum atomic E-state index is 12.9. The molecule has 0 saturated heterocycles. The van der Waals surface area contributed by atoms with Crippen LogP contribution in [0.3, 0.4) is 0 Å². The fourth-order valence-corrected chi connectivity index (χ4v) is 4.45. The van der Waals surface area contributed by atoms with E-state index in [0.717, 1.165) is 29.3 Å². The number of hydrogen-bond acceptors (Lipinski definition) is 4. The van der Waals surface area contributed by atoms with E-state index in [1.54, 1.807) is 43.9 Å². The van der Waals surface area contributed by atoms with Crippen LogP contribution in [0.15, 0.2) is 47.4 Å². The number of carbonyl (C=O) groups is 1. The summed E-state index contributed by atoms with van der Waals surface area (Å²) in [5, 5.41) is 0. The first kappa shape index (κ1) is 23.9. The van der Waals surface area contributed by atoms with Crippen molar-refractivity contribution in [3.05, 3.63) is 59.2 Å². The van der Waals surface area contributed by atoms with Crippen molar-refractivity contribution in [3.63, 3.8) is 0 Å². The third-order valence-electron chi connectivity index (χ3n) is 4.88. The Morgan fingerprint density at radius 2 is 1.66 bits per heavy atom. The third-order valence-corrected chi connectivity index (χ3v) is 6.26. The van der Waals surface area contributed by atoms with E-state index in [2.05, 4.69) is 4.72 Å². The van der Waals surface area contributed by atoms with Crippen molar-refractivity contribution in [2.24, 2.45) is 0 Å². The van der Waals surface area contributed by atoms with E-state index in [-0.39, 0.29) is 5.69 Å². The molecule has 0 spiro atoms. The van der Waals surface area contributed by atoms with Gasteiger partial charge in [0.15, 0.2) is 0 Å². The number of amides is 1. The van der Waals surface area contributed by atoms with Gasteiger partial charge in [0.1, 0.15) is 5.60 Å². The highest BCUT2D eigenvalue weighted by molar-refractivity contribution is 7.92. The summed E-state index contributed by atoms with van der Waals surface area (Å²) in [4.78, 5) is 13.5. The number of fused-ring (bicyclic) bond motifs is 1. The second kappa shape index (κ2) is 8.65. The summed E-state index contributed by atoms with van der Waals surface area (Å²) >= 11 is 0. The monoisotopic (exact) mass is 470 g/mol. The lowest BCUT2D eigenvalue weighted by Gasteiger charge is -2.26. The molecule has 6 nitrogen and oxygen atoms in total. The van der Waals surface area contributed by atoms with Gasteiger partial charge in [-0.25, -0.2) is 13.2 Å². The Bertz CT molecular complexity index is 1110. The van der Waals surface area contributed by atoms with Crippen LogP contribution in [0, 0.1) is 0 Å². The zero-order valence-corrected chi connectivity index (χ0v) is 18.8. The van der Waals surface area contributed by atoms with Gasteiger partial charge < -0.3 is 9.64 Å². The van der Waals surface area contributed by atoms with Crippen molar-refractivity contribution in [1.29, 1.82) is 0 Å². The number of hydrogen-bond donors (Lipinski definition) is 1. The molecular formula is C22H25F3N2O4S. The van der Waals surface area contributed by atoms with Gasteiger partial charge in [0.25, 0.3) is 10.0 Å². The molecule has 0 atom stereocenters. The molecule has 1 N–H and O–H groups in total.